The third kappa shape index (κ3) is 4.66. The van der Waals surface area contributed by atoms with E-state index >= 15 is 0 Å². The van der Waals surface area contributed by atoms with Crippen molar-refractivity contribution in [2.75, 3.05) is 16.8 Å². The molecule has 0 aromatic heterocycles. The molecule has 30 heavy (non-hydrogen) atoms. The summed E-state index contributed by atoms with van der Waals surface area (Å²) in [6.07, 6.45) is 6.65. The summed E-state index contributed by atoms with van der Waals surface area (Å²) in [7, 11) is 0. The van der Waals surface area contributed by atoms with E-state index in [2.05, 4.69) is 17.4 Å². The molecule has 2 aromatic rings. The van der Waals surface area contributed by atoms with Crippen LogP contribution in [0.25, 0.3) is 0 Å². The first-order valence-electron chi connectivity index (χ1n) is 11.1. The molecule has 158 valence electrons. The highest BCUT2D eigenvalue weighted by Gasteiger charge is 2.31. The lowest BCUT2D eigenvalue weighted by atomic mass is 9.88. The molecule has 1 N–H and O–H groups in total. The van der Waals surface area contributed by atoms with Crippen molar-refractivity contribution in [1.29, 1.82) is 0 Å². The van der Waals surface area contributed by atoms with Gasteiger partial charge in [0.1, 0.15) is 5.75 Å². The van der Waals surface area contributed by atoms with Crippen LogP contribution in [-0.4, -0.2) is 24.5 Å². The molecule has 1 saturated carbocycles. The number of ether oxygens (including phenoxy) is 1. The molecule has 2 aliphatic rings. The lowest BCUT2D eigenvalue weighted by Gasteiger charge is -2.33. The highest BCUT2D eigenvalue weighted by Crippen LogP contribution is 2.37. The minimum absolute atomic E-state index is 0.0358. The summed E-state index contributed by atoms with van der Waals surface area (Å²) >= 11 is 0. The molecular weight excluding hydrogens is 376 g/mol. The Balaban J connectivity index is 1.47. The molecule has 1 atom stereocenters. The first-order chi connectivity index (χ1) is 14.6. The van der Waals surface area contributed by atoms with E-state index in [-0.39, 0.29) is 17.7 Å². The van der Waals surface area contributed by atoms with Gasteiger partial charge in [0, 0.05) is 18.2 Å². The number of amides is 2. The van der Waals surface area contributed by atoms with Gasteiger partial charge in [0.15, 0.2) is 6.10 Å². The largest absolute Gasteiger partial charge is 0.479 e. The van der Waals surface area contributed by atoms with Crippen molar-refractivity contribution < 1.29 is 14.3 Å². The number of fused-ring (bicyclic) bond motifs is 1. The van der Waals surface area contributed by atoms with Gasteiger partial charge < -0.3 is 15.0 Å². The van der Waals surface area contributed by atoms with E-state index in [0.29, 0.717) is 12.3 Å². The molecule has 2 aromatic carbocycles. The predicted molar refractivity (Wildman–Crippen MR) is 119 cm³/mol. The molecule has 0 saturated heterocycles. The van der Waals surface area contributed by atoms with Gasteiger partial charge in [-0.05, 0) is 56.4 Å². The summed E-state index contributed by atoms with van der Waals surface area (Å²) in [5, 5.41) is 3.06. The van der Waals surface area contributed by atoms with Crippen molar-refractivity contribution in [2.45, 2.75) is 58.0 Å². The van der Waals surface area contributed by atoms with Gasteiger partial charge in [-0.2, -0.15) is 0 Å². The fourth-order valence-electron chi connectivity index (χ4n) is 4.41. The van der Waals surface area contributed by atoms with Crippen LogP contribution in [-0.2, 0) is 16.0 Å². The number of hydrogen-bond acceptors (Lipinski definition) is 3. The van der Waals surface area contributed by atoms with Crippen LogP contribution in [0.4, 0.5) is 11.4 Å². The zero-order valence-electron chi connectivity index (χ0n) is 17.6. The maximum absolute atomic E-state index is 12.8. The van der Waals surface area contributed by atoms with Crippen molar-refractivity contribution in [3.63, 3.8) is 0 Å². The summed E-state index contributed by atoms with van der Waals surface area (Å²) in [5.74, 6) is 0.833. The van der Waals surface area contributed by atoms with Gasteiger partial charge >= 0.3 is 0 Å². The van der Waals surface area contributed by atoms with Gasteiger partial charge in [0.2, 0.25) is 5.91 Å². The number of nitrogens with one attached hydrogen (secondary N) is 1. The Labute approximate surface area is 178 Å². The quantitative estimate of drug-likeness (QED) is 0.738. The molecule has 1 unspecified atom stereocenters. The van der Waals surface area contributed by atoms with Crippen LogP contribution >= 0.6 is 0 Å². The van der Waals surface area contributed by atoms with Gasteiger partial charge in [-0.3, -0.25) is 9.59 Å². The Bertz CT molecular complexity index is 891. The van der Waals surface area contributed by atoms with Crippen molar-refractivity contribution in [3.8, 4) is 5.75 Å². The van der Waals surface area contributed by atoms with Gasteiger partial charge in [-0.15, -0.1) is 0 Å². The highest BCUT2D eigenvalue weighted by atomic mass is 16.5. The van der Waals surface area contributed by atoms with Crippen LogP contribution in [0.15, 0.2) is 48.5 Å². The maximum Gasteiger partial charge on any atom is 0.267 e. The zero-order valence-corrected chi connectivity index (χ0v) is 17.6. The highest BCUT2D eigenvalue weighted by molar-refractivity contribution is 6.01. The Morgan fingerprint density at radius 2 is 1.87 bits per heavy atom. The van der Waals surface area contributed by atoms with E-state index in [1.165, 1.54) is 12.0 Å². The van der Waals surface area contributed by atoms with Gasteiger partial charge in [0.05, 0.1) is 5.69 Å². The minimum atomic E-state index is -0.503. The number of aryl methyl sites for hydroxylation is 1. The Kier molecular flexibility index (Phi) is 6.36. The number of rotatable bonds is 6. The monoisotopic (exact) mass is 406 g/mol. The molecule has 1 aliphatic carbocycles. The molecule has 4 rings (SSSR count). The van der Waals surface area contributed by atoms with E-state index in [1.807, 2.05) is 41.3 Å². The first kappa shape index (κ1) is 20.5. The molecule has 0 bridgehead atoms. The molecule has 0 radical (unpaired) electrons. The number of carbonyl (C=O) groups is 2. The maximum atomic E-state index is 12.8. The number of benzene rings is 2. The SMILES string of the molecule is CC1Oc2ccc(NC(=O)C3CCCCC3)cc2N(CCCc2ccccc2)C1=O. The van der Waals surface area contributed by atoms with Gasteiger partial charge in [-0.1, -0.05) is 49.6 Å². The Morgan fingerprint density at radius 1 is 1.10 bits per heavy atom. The molecule has 1 heterocycles. The van der Waals surface area contributed by atoms with Crippen molar-refractivity contribution in [3.05, 3.63) is 54.1 Å². The molecular formula is C25H30N2O3. The molecule has 5 heteroatoms. The molecule has 1 aliphatic heterocycles. The summed E-state index contributed by atoms with van der Waals surface area (Å²) in [6.45, 7) is 2.41. The number of carbonyl (C=O) groups excluding carboxylic acids is 2. The van der Waals surface area contributed by atoms with Gasteiger partial charge in [0.25, 0.3) is 5.91 Å². The average Bonchev–Trinajstić information content (AvgIpc) is 2.78. The molecule has 0 spiro atoms. The molecule has 5 nitrogen and oxygen atoms in total. The summed E-state index contributed by atoms with van der Waals surface area (Å²) < 4.78 is 5.81. The third-order valence-electron chi connectivity index (χ3n) is 6.10. The lowest BCUT2D eigenvalue weighted by Crippen LogP contribution is -2.45. The van der Waals surface area contributed by atoms with Crippen LogP contribution in [0.1, 0.15) is 51.0 Å². The van der Waals surface area contributed by atoms with E-state index in [9.17, 15) is 9.59 Å². The van der Waals surface area contributed by atoms with Crippen LogP contribution in [0.5, 0.6) is 5.75 Å². The summed E-state index contributed by atoms with van der Waals surface area (Å²) in [6, 6.07) is 15.9. The average molecular weight is 407 g/mol. The van der Waals surface area contributed by atoms with Crippen molar-refractivity contribution in [2.24, 2.45) is 5.92 Å². The molecule has 2 amide bonds. The fraction of sp³-hybridized carbons (Fsp3) is 0.440. The second-order valence-corrected chi connectivity index (χ2v) is 8.35. The minimum Gasteiger partial charge on any atom is -0.479 e. The Hall–Kier alpha value is -2.82. The molecule has 1 fully saturated rings. The third-order valence-corrected chi connectivity index (χ3v) is 6.10. The number of anilines is 2. The number of hydrogen-bond donors (Lipinski definition) is 1. The van der Waals surface area contributed by atoms with Crippen LogP contribution in [0.2, 0.25) is 0 Å². The van der Waals surface area contributed by atoms with Crippen molar-refractivity contribution in [1.82, 2.24) is 0 Å². The lowest BCUT2D eigenvalue weighted by molar-refractivity contribution is -0.125. The van der Waals surface area contributed by atoms with E-state index < -0.39 is 6.10 Å². The smallest absolute Gasteiger partial charge is 0.267 e. The van der Waals surface area contributed by atoms with E-state index in [4.69, 9.17) is 4.74 Å². The first-order valence-corrected chi connectivity index (χ1v) is 11.1. The normalized spacial score (nSPS) is 19.2. The zero-order chi connectivity index (χ0) is 20.9. The van der Waals surface area contributed by atoms with Crippen LogP contribution < -0.4 is 15.0 Å². The second-order valence-electron chi connectivity index (χ2n) is 8.35. The Morgan fingerprint density at radius 3 is 2.63 bits per heavy atom. The standard InChI is InChI=1S/C25H30N2O3/c1-18-25(29)27(16-8-11-19-9-4-2-5-10-19)22-17-21(14-15-23(22)30-18)26-24(28)20-12-6-3-7-13-20/h2,4-5,9-10,14-15,17-18,20H,3,6-8,11-13,16H2,1H3,(H,26,28). The van der Waals surface area contributed by atoms with Crippen LogP contribution in [0.3, 0.4) is 0 Å². The number of nitrogens with zero attached hydrogens (tertiary/aromatic N) is 1. The predicted octanol–water partition coefficient (Wildman–Crippen LogP) is 4.95. The topological polar surface area (TPSA) is 58.6 Å². The summed E-state index contributed by atoms with van der Waals surface area (Å²) in [5.41, 5.74) is 2.73. The van der Waals surface area contributed by atoms with Gasteiger partial charge in [-0.25, -0.2) is 0 Å². The van der Waals surface area contributed by atoms with Crippen LogP contribution in [0, 0.1) is 5.92 Å². The summed E-state index contributed by atoms with van der Waals surface area (Å²) in [4.78, 5) is 27.3. The van der Waals surface area contributed by atoms with Crippen molar-refractivity contribution >= 4 is 23.2 Å². The fourth-order valence-corrected chi connectivity index (χ4v) is 4.41. The van der Waals surface area contributed by atoms with E-state index in [1.54, 1.807) is 6.92 Å². The van der Waals surface area contributed by atoms with E-state index in [0.717, 1.165) is 49.9 Å². The second kappa shape index (κ2) is 9.33.